The van der Waals surface area contributed by atoms with Crippen molar-refractivity contribution < 1.29 is 13.9 Å². The first-order valence-electron chi connectivity index (χ1n) is 13.8. The van der Waals surface area contributed by atoms with E-state index in [0.29, 0.717) is 71.9 Å². The van der Waals surface area contributed by atoms with Crippen LogP contribution in [-0.4, -0.2) is 68.2 Å². The number of rotatable bonds is 7. The Morgan fingerprint density at radius 1 is 1.19 bits per heavy atom. The van der Waals surface area contributed by atoms with E-state index in [9.17, 15) is 9.59 Å². The average Bonchev–Trinajstić information content (AvgIpc) is 3.75. The Labute approximate surface area is 247 Å². The molecule has 15 heteroatoms. The van der Waals surface area contributed by atoms with Gasteiger partial charge in [-0.2, -0.15) is 4.37 Å². The lowest BCUT2D eigenvalue weighted by Crippen LogP contribution is -2.43. The maximum Gasteiger partial charge on any atom is 0.254 e. The van der Waals surface area contributed by atoms with E-state index in [1.807, 2.05) is 16.3 Å². The van der Waals surface area contributed by atoms with Crippen LogP contribution in [0.3, 0.4) is 0 Å². The summed E-state index contributed by atoms with van der Waals surface area (Å²) in [4.78, 5) is 33.2. The molecule has 1 aliphatic heterocycles. The Hall–Kier alpha value is -3.92. The van der Waals surface area contributed by atoms with Gasteiger partial charge in [-0.3, -0.25) is 14.0 Å². The van der Waals surface area contributed by atoms with Crippen LogP contribution in [0.2, 0.25) is 0 Å². The summed E-state index contributed by atoms with van der Waals surface area (Å²) in [5, 5.41) is 13.6. The SMILES string of the molecule is NC(=O)c1c(Cc2cc(-c3csc4c(=O)cc(N5CCOCC5)oc34)ns2)nc(N[C@H]2CCCC[C@H]2N)n2cnnc12. The summed E-state index contributed by atoms with van der Waals surface area (Å²) in [5.41, 5.74) is 15.1. The molecule has 0 aromatic carbocycles. The number of amides is 1. The molecule has 2 atom stereocenters. The molecule has 5 N–H and O–H groups in total. The van der Waals surface area contributed by atoms with Gasteiger partial charge in [0.25, 0.3) is 5.91 Å². The van der Waals surface area contributed by atoms with Crippen molar-refractivity contribution in [3.63, 3.8) is 0 Å². The largest absolute Gasteiger partial charge is 0.439 e. The van der Waals surface area contributed by atoms with Crippen LogP contribution in [0.15, 0.2) is 33.1 Å². The molecule has 1 amide bonds. The minimum absolute atomic E-state index is 0.000325. The Balaban J connectivity index is 1.23. The number of anilines is 2. The second kappa shape index (κ2) is 11.1. The molecule has 42 heavy (non-hydrogen) atoms. The minimum Gasteiger partial charge on any atom is -0.439 e. The van der Waals surface area contributed by atoms with E-state index < -0.39 is 5.91 Å². The fourth-order valence-electron chi connectivity index (χ4n) is 5.65. The monoisotopic (exact) mass is 607 g/mol. The number of carbonyl (C=O) groups excluding carboxylic acids is 1. The maximum atomic E-state index is 12.9. The quantitative estimate of drug-likeness (QED) is 0.247. The molecule has 0 unspecified atom stereocenters. The van der Waals surface area contributed by atoms with Crippen LogP contribution in [0.1, 0.15) is 46.6 Å². The van der Waals surface area contributed by atoms with Crippen molar-refractivity contribution in [1.29, 1.82) is 0 Å². The lowest BCUT2D eigenvalue weighted by molar-refractivity contribution is 0.1000. The zero-order valence-electron chi connectivity index (χ0n) is 22.6. The predicted molar refractivity (Wildman–Crippen MR) is 160 cm³/mol. The van der Waals surface area contributed by atoms with Crippen molar-refractivity contribution in [3.05, 3.63) is 50.2 Å². The van der Waals surface area contributed by atoms with Crippen molar-refractivity contribution in [2.24, 2.45) is 11.5 Å². The third-order valence-corrected chi connectivity index (χ3v) is 9.60. The third kappa shape index (κ3) is 4.91. The molecule has 218 valence electrons. The first-order valence-corrected chi connectivity index (χ1v) is 15.5. The van der Waals surface area contributed by atoms with Crippen LogP contribution in [0.5, 0.6) is 0 Å². The second-order valence-corrected chi connectivity index (χ2v) is 12.3. The van der Waals surface area contributed by atoms with Crippen LogP contribution in [0.4, 0.5) is 11.8 Å². The average molecular weight is 608 g/mol. The third-order valence-electron chi connectivity index (χ3n) is 7.84. The highest BCUT2D eigenvalue weighted by atomic mass is 32.1. The van der Waals surface area contributed by atoms with E-state index in [-0.39, 0.29) is 23.1 Å². The first kappa shape index (κ1) is 26.9. The van der Waals surface area contributed by atoms with Crippen molar-refractivity contribution >= 4 is 56.5 Å². The number of thiophene rings is 1. The predicted octanol–water partition coefficient (Wildman–Crippen LogP) is 2.62. The molecular weight excluding hydrogens is 578 g/mol. The van der Waals surface area contributed by atoms with E-state index in [2.05, 4.69) is 19.9 Å². The minimum atomic E-state index is -0.637. The number of nitrogens with two attached hydrogens (primary N) is 2. The van der Waals surface area contributed by atoms with Gasteiger partial charge in [0.05, 0.1) is 30.2 Å². The fourth-order valence-corrected chi connectivity index (χ4v) is 7.28. The van der Waals surface area contributed by atoms with Crippen LogP contribution >= 0.6 is 22.9 Å². The number of hydrogen-bond acceptors (Lipinski definition) is 13. The topological polar surface area (TPSA) is 180 Å². The number of ether oxygens (including phenoxy) is 1. The van der Waals surface area contributed by atoms with Crippen LogP contribution in [0.25, 0.3) is 27.2 Å². The number of nitrogens with zero attached hydrogens (tertiary/aromatic N) is 6. The molecule has 6 heterocycles. The van der Waals surface area contributed by atoms with Gasteiger partial charge in [-0.1, -0.05) is 12.8 Å². The fraction of sp³-hybridized carbons (Fsp3) is 0.407. The number of aromatic nitrogens is 5. The number of carbonyl (C=O) groups is 1. The highest BCUT2D eigenvalue weighted by Crippen LogP contribution is 2.36. The lowest BCUT2D eigenvalue weighted by Gasteiger charge is -2.30. The van der Waals surface area contributed by atoms with Gasteiger partial charge in [-0.25, -0.2) is 4.98 Å². The van der Waals surface area contributed by atoms with Gasteiger partial charge >= 0.3 is 0 Å². The van der Waals surface area contributed by atoms with Crippen LogP contribution in [0, 0.1) is 0 Å². The normalized spacial score (nSPS) is 19.5. The molecule has 0 bridgehead atoms. The molecule has 2 fully saturated rings. The smallest absolute Gasteiger partial charge is 0.254 e. The summed E-state index contributed by atoms with van der Waals surface area (Å²) in [5.74, 6) is 0.409. The molecule has 1 saturated carbocycles. The maximum absolute atomic E-state index is 12.9. The Kier molecular flexibility index (Phi) is 7.09. The Morgan fingerprint density at radius 2 is 2.02 bits per heavy atom. The summed E-state index contributed by atoms with van der Waals surface area (Å²) in [6.07, 6.45) is 5.86. The molecule has 1 aliphatic carbocycles. The molecule has 5 aromatic rings. The van der Waals surface area contributed by atoms with E-state index in [1.165, 1.54) is 29.2 Å². The molecular formula is C27H29N9O4S2. The van der Waals surface area contributed by atoms with Crippen molar-refractivity contribution in [3.8, 4) is 11.3 Å². The number of primary amides is 1. The Bertz CT molecular complexity index is 1840. The van der Waals surface area contributed by atoms with Crippen molar-refractivity contribution in [1.82, 2.24) is 24.0 Å². The van der Waals surface area contributed by atoms with Gasteiger partial charge in [0.1, 0.15) is 16.6 Å². The van der Waals surface area contributed by atoms with Gasteiger partial charge in [-0.05, 0) is 30.4 Å². The molecule has 7 rings (SSSR count). The lowest BCUT2D eigenvalue weighted by atomic mass is 9.91. The van der Waals surface area contributed by atoms with Crippen LogP contribution < -0.4 is 27.1 Å². The van der Waals surface area contributed by atoms with Crippen LogP contribution in [-0.2, 0) is 11.2 Å². The van der Waals surface area contributed by atoms with Crippen molar-refractivity contribution in [2.45, 2.75) is 44.2 Å². The summed E-state index contributed by atoms with van der Waals surface area (Å²) >= 11 is 2.63. The highest BCUT2D eigenvalue weighted by molar-refractivity contribution is 7.17. The number of hydrogen-bond donors (Lipinski definition) is 3. The molecule has 1 saturated heterocycles. The van der Waals surface area contributed by atoms with Gasteiger partial charge in [0.15, 0.2) is 17.1 Å². The number of morpholine rings is 1. The number of fused-ring (bicyclic) bond motifs is 2. The van der Waals surface area contributed by atoms with E-state index >= 15 is 0 Å². The number of nitrogens with one attached hydrogen (secondary N) is 1. The van der Waals surface area contributed by atoms with Gasteiger partial charge in [0, 0.05) is 47.9 Å². The standard InChI is InChI=1S/C27H29N9O4S2/c28-16-3-1-2-4-17(16)31-27-32-19(22(25(29)38)26-33-30-13-36(26)27)10-14-9-18(34-42-14)15-12-41-24-20(37)11-21(40-23(15)24)35-5-7-39-8-6-35/h9,11-13,16-17H,1-8,10,28H2,(H2,29,38)(H,31,32)/t16-,17+/m1/s1. The van der Waals surface area contributed by atoms with E-state index in [0.717, 1.165) is 36.1 Å². The van der Waals surface area contributed by atoms with Crippen molar-refractivity contribution in [2.75, 3.05) is 36.5 Å². The zero-order chi connectivity index (χ0) is 28.8. The molecule has 5 aromatic heterocycles. The molecule has 0 spiro atoms. The van der Waals surface area contributed by atoms with Gasteiger partial charge < -0.3 is 30.8 Å². The van der Waals surface area contributed by atoms with E-state index in [4.69, 9.17) is 25.6 Å². The summed E-state index contributed by atoms with van der Waals surface area (Å²) in [6.45, 7) is 2.48. The first-order chi connectivity index (χ1) is 20.5. The van der Waals surface area contributed by atoms with Gasteiger partial charge in [0.2, 0.25) is 11.4 Å². The Morgan fingerprint density at radius 3 is 2.83 bits per heavy atom. The summed E-state index contributed by atoms with van der Waals surface area (Å²) in [7, 11) is 0. The highest BCUT2D eigenvalue weighted by Gasteiger charge is 2.26. The molecule has 13 nitrogen and oxygen atoms in total. The van der Waals surface area contributed by atoms with E-state index in [1.54, 1.807) is 10.5 Å². The molecule has 0 radical (unpaired) electrons. The second-order valence-electron chi connectivity index (χ2n) is 10.6. The summed E-state index contributed by atoms with van der Waals surface area (Å²) < 4.78 is 18.6. The summed E-state index contributed by atoms with van der Waals surface area (Å²) in [6, 6.07) is 3.52. The van der Waals surface area contributed by atoms with Gasteiger partial charge in [-0.15, -0.1) is 21.5 Å². The molecule has 2 aliphatic rings. The zero-order valence-corrected chi connectivity index (χ0v) is 24.2.